The summed E-state index contributed by atoms with van der Waals surface area (Å²) in [4.78, 5) is 13.8. The smallest absolute Gasteiger partial charge is 0.261 e. The molecular formula is C16H12F3NO2. The minimum absolute atomic E-state index is 0.347. The summed E-state index contributed by atoms with van der Waals surface area (Å²) in [6.45, 7) is 0.347. The van der Waals surface area contributed by atoms with E-state index in [-0.39, 0.29) is 0 Å². The summed E-state index contributed by atoms with van der Waals surface area (Å²) in [5.74, 6) is -4.46. The topological polar surface area (TPSA) is 29.5 Å². The fraction of sp³-hybridized carbons (Fsp3) is 0.188. The van der Waals surface area contributed by atoms with Gasteiger partial charge in [-0.2, -0.15) is 0 Å². The standard InChI is InChI=1S/C16H12F3NO2/c1-22-10-2-5-13-9(8-10)6-7-20(13)16(21)11-3-4-12(17)15(19)14(11)18/h2-5,8H,6-7H2,1H3. The van der Waals surface area contributed by atoms with Crippen LogP contribution in [0.2, 0.25) is 0 Å². The van der Waals surface area contributed by atoms with Crippen LogP contribution in [0.5, 0.6) is 5.75 Å². The molecule has 0 unspecified atom stereocenters. The molecule has 1 amide bonds. The molecule has 0 fully saturated rings. The van der Waals surface area contributed by atoms with Gasteiger partial charge in [-0.1, -0.05) is 0 Å². The summed E-state index contributed by atoms with van der Waals surface area (Å²) in [6.07, 6.45) is 0.587. The molecule has 3 rings (SSSR count). The van der Waals surface area contributed by atoms with Gasteiger partial charge in [0, 0.05) is 12.2 Å². The van der Waals surface area contributed by atoms with Crippen LogP contribution in [0.4, 0.5) is 18.9 Å². The van der Waals surface area contributed by atoms with Crippen LogP contribution < -0.4 is 9.64 Å². The Balaban J connectivity index is 1.98. The molecule has 0 aromatic heterocycles. The Kier molecular flexibility index (Phi) is 3.52. The van der Waals surface area contributed by atoms with Gasteiger partial charge in [-0.05, 0) is 42.3 Å². The molecule has 0 saturated heterocycles. The SMILES string of the molecule is COc1ccc2c(c1)CCN2C(=O)c1ccc(F)c(F)c1F. The molecule has 2 aromatic carbocycles. The third-order valence-electron chi connectivity index (χ3n) is 3.69. The number of nitrogens with zero attached hydrogens (tertiary/aromatic N) is 1. The number of amides is 1. The Morgan fingerprint density at radius 1 is 1.14 bits per heavy atom. The molecule has 114 valence electrons. The molecule has 6 heteroatoms. The number of carbonyl (C=O) groups is 1. The Morgan fingerprint density at radius 3 is 2.64 bits per heavy atom. The highest BCUT2D eigenvalue weighted by Gasteiger charge is 2.29. The Labute approximate surface area is 124 Å². The van der Waals surface area contributed by atoms with E-state index in [0.717, 1.165) is 17.7 Å². The molecule has 0 radical (unpaired) electrons. The molecule has 2 aromatic rings. The summed E-state index contributed by atoms with van der Waals surface area (Å²) in [5.41, 5.74) is 1.02. The number of hydrogen-bond acceptors (Lipinski definition) is 2. The number of methoxy groups -OCH3 is 1. The van der Waals surface area contributed by atoms with E-state index in [1.807, 2.05) is 0 Å². The van der Waals surface area contributed by atoms with E-state index >= 15 is 0 Å². The van der Waals surface area contributed by atoms with Crippen molar-refractivity contribution in [3.05, 3.63) is 58.9 Å². The molecule has 3 nitrogen and oxygen atoms in total. The Morgan fingerprint density at radius 2 is 1.91 bits per heavy atom. The maximum Gasteiger partial charge on any atom is 0.261 e. The second-order valence-electron chi connectivity index (χ2n) is 4.92. The molecule has 1 aliphatic heterocycles. The van der Waals surface area contributed by atoms with Gasteiger partial charge in [-0.3, -0.25) is 4.79 Å². The molecule has 0 saturated carbocycles. The van der Waals surface area contributed by atoms with Crippen LogP contribution in [0.1, 0.15) is 15.9 Å². The fourth-order valence-electron chi connectivity index (χ4n) is 2.55. The van der Waals surface area contributed by atoms with Gasteiger partial charge < -0.3 is 9.64 Å². The number of ether oxygens (including phenoxy) is 1. The van der Waals surface area contributed by atoms with Crippen LogP contribution in [0.3, 0.4) is 0 Å². The predicted octanol–water partition coefficient (Wildman–Crippen LogP) is 3.32. The Hall–Kier alpha value is -2.50. The van der Waals surface area contributed by atoms with Crippen molar-refractivity contribution >= 4 is 11.6 Å². The summed E-state index contributed by atoms with van der Waals surface area (Å²) < 4.78 is 45.2. The lowest BCUT2D eigenvalue weighted by Gasteiger charge is -2.18. The molecule has 0 spiro atoms. The fourth-order valence-corrected chi connectivity index (χ4v) is 2.55. The molecule has 0 bridgehead atoms. The summed E-state index contributed by atoms with van der Waals surface area (Å²) in [7, 11) is 1.54. The zero-order chi connectivity index (χ0) is 15.9. The van der Waals surface area contributed by atoms with Crippen molar-refractivity contribution in [3.63, 3.8) is 0 Å². The first-order chi connectivity index (χ1) is 10.5. The number of anilines is 1. The number of halogens is 3. The molecule has 0 N–H and O–H groups in total. The van der Waals surface area contributed by atoms with E-state index in [1.165, 1.54) is 12.0 Å². The maximum absolute atomic E-state index is 13.8. The van der Waals surface area contributed by atoms with Crippen LogP contribution in [0.15, 0.2) is 30.3 Å². The second-order valence-corrected chi connectivity index (χ2v) is 4.92. The minimum Gasteiger partial charge on any atom is -0.497 e. The lowest BCUT2D eigenvalue weighted by Crippen LogP contribution is -2.30. The summed E-state index contributed by atoms with van der Waals surface area (Å²) in [5, 5.41) is 0. The van der Waals surface area contributed by atoms with Crippen LogP contribution >= 0.6 is 0 Å². The van der Waals surface area contributed by atoms with Gasteiger partial charge in [0.2, 0.25) is 0 Å². The summed E-state index contributed by atoms with van der Waals surface area (Å²) >= 11 is 0. The molecule has 0 atom stereocenters. The minimum atomic E-state index is -1.64. The van der Waals surface area contributed by atoms with Crippen LogP contribution in [-0.4, -0.2) is 19.6 Å². The van der Waals surface area contributed by atoms with Gasteiger partial charge in [0.05, 0.1) is 12.7 Å². The van der Waals surface area contributed by atoms with E-state index in [2.05, 4.69) is 0 Å². The van der Waals surface area contributed by atoms with Gasteiger partial charge in [-0.15, -0.1) is 0 Å². The average molecular weight is 307 g/mol. The quantitative estimate of drug-likeness (QED) is 0.797. The van der Waals surface area contributed by atoms with Gasteiger partial charge in [0.25, 0.3) is 5.91 Å². The van der Waals surface area contributed by atoms with E-state index in [1.54, 1.807) is 18.2 Å². The van der Waals surface area contributed by atoms with E-state index < -0.39 is 28.9 Å². The first kappa shape index (κ1) is 14.4. The van der Waals surface area contributed by atoms with Crippen molar-refractivity contribution in [3.8, 4) is 5.75 Å². The number of carbonyl (C=O) groups excluding carboxylic acids is 1. The van der Waals surface area contributed by atoms with Crippen LogP contribution in [0.25, 0.3) is 0 Å². The number of benzene rings is 2. The third kappa shape index (κ3) is 2.20. The molecule has 1 aliphatic rings. The van der Waals surface area contributed by atoms with E-state index in [9.17, 15) is 18.0 Å². The summed E-state index contributed by atoms with van der Waals surface area (Å²) in [6, 6.07) is 6.88. The van der Waals surface area contributed by atoms with Crippen LogP contribution in [-0.2, 0) is 6.42 Å². The highest BCUT2D eigenvalue weighted by atomic mass is 19.2. The highest BCUT2D eigenvalue weighted by molar-refractivity contribution is 6.07. The van der Waals surface area contributed by atoms with Gasteiger partial charge in [0.15, 0.2) is 17.5 Å². The Bertz CT molecular complexity index is 761. The number of hydrogen-bond donors (Lipinski definition) is 0. The van der Waals surface area contributed by atoms with Gasteiger partial charge in [-0.25, -0.2) is 13.2 Å². The average Bonchev–Trinajstić information content (AvgIpc) is 2.95. The van der Waals surface area contributed by atoms with Crippen molar-refractivity contribution in [1.82, 2.24) is 0 Å². The zero-order valence-corrected chi connectivity index (χ0v) is 11.7. The molecular weight excluding hydrogens is 295 g/mol. The normalized spacial score (nSPS) is 13.2. The number of fused-ring (bicyclic) bond motifs is 1. The molecule has 0 aliphatic carbocycles. The maximum atomic E-state index is 13.8. The van der Waals surface area contributed by atoms with Crippen molar-refractivity contribution in [2.75, 3.05) is 18.6 Å². The van der Waals surface area contributed by atoms with Gasteiger partial charge in [0.1, 0.15) is 5.75 Å². The predicted molar refractivity (Wildman–Crippen MR) is 74.7 cm³/mol. The lowest BCUT2D eigenvalue weighted by atomic mass is 10.1. The van der Waals surface area contributed by atoms with Crippen molar-refractivity contribution in [2.24, 2.45) is 0 Å². The highest BCUT2D eigenvalue weighted by Crippen LogP contribution is 2.32. The van der Waals surface area contributed by atoms with E-state index in [0.29, 0.717) is 24.4 Å². The van der Waals surface area contributed by atoms with Gasteiger partial charge >= 0.3 is 0 Å². The largest absolute Gasteiger partial charge is 0.497 e. The first-order valence-corrected chi connectivity index (χ1v) is 6.65. The van der Waals surface area contributed by atoms with Crippen molar-refractivity contribution in [1.29, 1.82) is 0 Å². The first-order valence-electron chi connectivity index (χ1n) is 6.65. The lowest BCUT2D eigenvalue weighted by molar-refractivity contribution is 0.0984. The van der Waals surface area contributed by atoms with Crippen molar-refractivity contribution in [2.45, 2.75) is 6.42 Å². The third-order valence-corrected chi connectivity index (χ3v) is 3.69. The second kappa shape index (κ2) is 5.36. The molecule has 22 heavy (non-hydrogen) atoms. The molecule has 1 heterocycles. The monoisotopic (exact) mass is 307 g/mol. The number of rotatable bonds is 2. The zero-order valence-electron chi connectivity index (χ0n) is 11.7. The van der Waals surface area contributed by atoms with Crippen LogP contribution in [0, 0.1) is 17.5 Å². The van der Waals surface area contributed by atoms with Crippen molar-refractivity contribution < 1.29 is 22.7 Å². The van der Waals surface area contributed by atoms with E-state index in [4.69, 9.17) is 4.74 Å².